The number of rotatable bonds is 6. The first kappa shape index (κ1) is 26.7. The van der Waals surface area contributed by atoms with Crippen LogP contribution in [0.25, 0.3) is 0 Å². The molecule has 2 aliphatic carbocycles. The Morgan fingerprint density at radius 3 is 1.97 bits per heavy atom. The molecule has 5 rings (SSSR count). The first-order chi connectivity index (χ1) is 18.0. The molecule has 0 N–H and O–H groups in total. The van der Waals surface area contributed by atoms with Crippen molar-refractivity contribution < 1.29 is 14.3 Å². The lowest BCUT2D eigenvalue weighted by Gasteiger charge is -2.49. The highest BCUT2D eigenvalue weighted by molar-refractivity contribution is 6.32. The molecule has 4 nitrogen and oxygen atoms in total. The van der Waals surface area contributed by atoms with Gasteiger partial charge < -0.3 is 9.64 Å². The third-order valence-corrected chi connectivity index (χ3v) is 8.25. The van der Waals surface area contributed by atoms with Crippen LogP contribution >= 0.6 is 11.6 Å². The van der Waals surface area contributed by atoms with Gasteiger partial charge in [0.2, 0.25) is 0 Å². The van der Waals surface area contributed by atoms with Gasteiger partial charge in [0.1, 0.15) is 5.75 Å². The zero-order valence-electron chi connectivity index (χ0n) is 23.2. The van der Waals surface area contributed by atoms with Crippen molar-refractivity contribution in [2.75, 3.05) is 6.61 Å². The highest BCUT2D eigenvalue weighted by atomic mass is 35.5. The molecule has 0 fully saturated rings. The highest BCUT2D eigenvalue weighted by Gasteiger charge is 2.49. The van der Waals surface area contributed by atoms with Crippen LogP contribution < -0.4 is 4.74 Å². The Labute approximate surface area is 231 Å². The van der Waals surface area contributed by atoms with Crippen molar-refractivity contribution in [2.24, 2.45) is 10.8 Å². The van der Waals surface area contributed by atoms with Gasteiger partial charge >= 0.3 is 0 Å². The summed E-state index contributed by atoms with van der Waals surface area (Å²) in [7, 11) is 0. The third kappa shape index (κ3) is 5.08. The van der Waals surface area contributed by atoms with Crippen molar-refractivity contribution in [2.45, 2.75) is 79.2 Å². The van der Waals surface area contributed by atoms with Gasteiger partial charge in [0, 0.05) is 47.8 Å². The number of Topliss-reactive ketones (excluding diaryl/α,β-unsaturated/α-hetero) is 2. The topological polar surface area (TPSA) is 46.6 Å². The molecule has 0 saturated heterocycles. The van der Waals surface area contributed by atoms with Gasteiger partial charge in [-0.3, -0.25) is 9.59 Å². The van der Waals surface area contributed by atoms with E-state index in [0.29, 0.717) is 36.8 Å². The molecule has 0 aromatic heterocycles. The van der Waals surface area contributed by atoms with Gasteiger partial charge in [0.05, 0.1) is 11.6 Å². The van der Waals surface area contributed by atoms with E-state index in [1.54, 1.807) is 0 Å². The van der Waals surface area contributed by atoms with E-state index < -0.39 is 5.92 Å². The summed E-state index contributed by atoms with van der Waals surface area (Å²) < 4.78 is 5.82. The smallest absolute Gasteiger partial charge is 0.162 e. The molecule has 0 atom stereocenters. The number of ketones is 2. The Kier molecular flexibility index (Phi) is 7.06. The number of hydrogen-bond donors (Lipinski definition) is 0. The molecule has 0 saturated carbocycles. The van der Waals surface area contributed by atoms with Gasteiger partial charge in [-0.15, -0.1) is 0 Å². The van der Waals surface area contributed by atoms with E-state index in [-0.39, 0.29) is 22.4 Å². The fourth-order valence-electron chi connectivity index (χ4n) is 6.36. The van der Waals surface area contributed by atoms with Crippen molar-refractivity contribution in [3.8, 4) is 5.75 Å². The van der Waals surface area contributed by atoms with Gasteiger partial charge in [-0.05, 0) is 53.4 Å². The van der Waals surface area contributed by atoms with E-state index in [1.165, 1.54) is 0 Å². The monoisotopic (exact) mass is 531 g/mol. The van der Waals surface area contributed by atoms with Crippen molar-refractivity contribution in [3.63, 3.8) is 0 Å². The molecular weight excluding hydrogens is 494 g/mol. The zero-order valence-corrected chi connectivity index (χ0v) is 24.0. The molecule has 0 unspecified atom stereocenters. The quantitative estimate of drug-likeness (QED) is 0.378. The van der Waals surface area contributed by atoms with Crippen LogP contribution in [-0.4, -0.2) is 23.1 Å². The SMILES string of the molecule is CCCOc1ccc(C2C3=C(CC(C)(C)CC3=O)N(Cc3ccccc3)C3=C2C(=O)CC(C)(C)C3)cc1Cl. The van der Waals surface area contributed by atoms with Crippen molar-refractivity contribution in [3.05, 3.63) is 87.2 Å². The fraction of sp³-hybridized carbons (Fsp3) is 0.455. The fourth-order valence-corrected chi connectivity index (χ4v) is 6.61. The van der Waals surface area contributed by atoms with Crippen LogP contribution in [0, 0.1) is 10.8 Å². The molecule has 0 spiro atoms. The predicted molar refractivity (Wildman–Crippen MR) is 152 cm³/mol. The van der Waals surface area contributed by atoms with Crippen LogP contribution in [0.5, 0.6) is 5.75 Å². The van der Waals surface area contributed by atoms with Crippen molar-refractivity contribution in [1.29, 1.82) is 0 Å². The van der Waals surface area contributed by atoms with Gasteiger partial charge in [0.15, 0.2) is 11.6 Å². The average molecular weight is 532 g/mol. The van der Waals surface area contributed by atoms with Crippen LogP contribution in [0.4, 0.5) is 0 Å². The lowest BCUT2D eigenvalue weighted by Crippen LogP contribution is -2.44. The number of hydrogen-bond acceptors (Lipinski definition) is 4. The van der Waals surface area contributed by atoms with Gasteiger partial charge in [-0.25, -0.2) is 0 Å². The number of carbonyl (C=O) groups is 2. The zero-order chi connectivity index (χ0) is 27.2. The molecule has 2 aromatic carbocycles. The summed E-state index contributed by atoms with van der Waals surface area (Å²) in [6.07, 6.45) is 3.39. The maximum absolute atomic E-state index is 14.0. The molecule has 1 heterocycles. The molecule has 1 aliphatic heterocycles. The van der Waals surface area contributed by atoms with Crippen LogP contribution in [0.3, 0.4) is 0 Å². The van der Waals surface area contributed by atoms with Gasteiger partial charge in [-0.1, -0.05) is 82.6 Å². The summed E-state index contributed by atoms with van der Waals surface area (Å²) in [5.41, 5.74) is 5.40. The molecule has 38 heavy (non-hydrogen) atoms. The van der Waals surface area contributed by atoms with E-state index in [0.717, 1.165) is 52.9 Å². The molecule has 0 amide bonds. The van der Waals surface area contributed by atoms with E-state index in [1.807, 2.05) is 36.4 Å². The standard InChI is InChI=1S/C33H38ClNO3/c1-6-14-38-28-13-12-22(15-23(28)34)29-30-24(16-32(2,3)18-26(30)36)35(20-21-10-8-7-9-11-21)25-17-33(4,5)19-27(37)31(25)29/h7-13,15,29H,6,14,16-20H2,1-5H3. The van der Waals surface area contributed by atoms with Crippen molar-refractivity contribution >= 4 is 23.2 Å². The van der Waals surface area contributed by atoms with Crippen LogP contribution in [0.1, 0.15) is 83.8 Å². The molecule has 2 aromatic rings. The molecule has 200 valence electrons. The molecule has 0 radical (unpaired) electrons. The minimum atomic E-state index is -0.406. The maximum atomic E-state index is 14.0. The minimum Gasteiger partial charge on any atom is -0.492 e. The van der Waals surface area contributed by atoms with Gasteiger partial charge in [-0.2, -0.15) is 0 Å². The summed E-state index contributed by atoms with van der Waals surface area (Å²) in [5.74, 6) is 0.489. The van der Waals surface area contributed by atoms with E-state index in [4.69, 9.17) is 16.3 Å². The molecular formula is C33H38ClNO3. The highest BCUT2D eigenvalue weighted by Crippen LogP contribution is 2.55. The summed E-state index contributed by atoms with van der Waals surface area (Å²) in [5, 5.41) is 0.513. The number of allylic oxidation sites excluding steroid dienone is 4. The van der Waals surface area contributed by atoms with Crippen molar-refractivity contribution in [1.82, 2.24) is 4.90 Å². The Morgan fingerprint density at radius 2 is 1.45 bits per heavy atom. The normalized spacial score (nSPS) is 20.9. The first-order valence-corrected chi connectivity index (χ1v) is 14.1. The second-order valence-corrected chi connectivity index (χ2v) is 13.1. The number of nitrogens with zero attached hydrogens (tertiary/aromatic N) is 1. The first-order valence-electron chi connectivity index (χ1n) is 13.8. The second-order valence-electron chi connectivity index (χ2n) is 12.6. The number of halogens is 1. The summed E-state index contributed by atoms with van der Waals surface area (Å²) in [4.78, 5) is 30.2. The Balaban J connectivity index is 1.72. The number of carbonyl (C=O) groups excluding carboxylic acids is 2. The Bertz CT molecular complexity index is 1280. The van der Waals surface area contributed by atoms with Crippen LogP contribution in [0.2, 0.25) is 5.02 Å². The predicted octanol–water partition coefficient (Wildman–Crippen LogP) is 8.01. The maximum Gasteiger partial charge on any atom is 0.162 e. The Morgan fingerprint density at radius 1 is 0.868 bits per heavy atom. The third-order valence-electron chi connectivity index (χ3n) is 7.96. The lowest BCUT2D eigenvalue weighted by atomic mass is 9.63. The number of ether oxygens (including phenoxy) is 1. The molecule has 5 heteroatoms. The van der Waals surface area contributed by atoms with E-state index >= 15 is 0 Å². The number of benzene rings is 2. The molecule has 3 aliphatic rings. The molecule has 0 bridgehead atoms. The summed E-state index contributed by atoms with van der Waals surface area (Å²) in [6.45, 7) is 12.0. The van der Waals surface area contributed by atoms with E-state index in [9.17, 15) is 9.59 Å². The minimum absolute atomic E-state index is 0.130. The second kappa shape index (κ2) is 10.0. The van der Waals surface area contributed by atoms with Crippen LogP contribution in [-0.2, 0) is 16.1 Å². The average Bonchev–Trinajstić information content (AvgIpc) is 2.83. The Hall–Kier alpha value is -2.85. The largest absolute Gasteiger partial charge is 0.492 e. The summed E-state index contributed by atoms with van der Waals surface area (Å²) >= 11 is 6.70. The van der Waals surface area contributed by atoms with E-state index in [2.05, 4.69) is 51.7 Å². The van der Waals surface area contributed by atoms with Crippen LogP contribution in [0.15, 0.2) is 71.1 Å². The van der Waals surface area contributed by atoms with Gasteiger partial charge in [0.25, 0.3) is 0 Å². The summed E-state index contributed by atoms with van der Waals surface area (Å²) in [6, 6.07) is 16.1. The lowest BCUT2D eigenvalue weighted by molar-refractivity contribution is -0.119.